The molecule has 5 saturated carbocycles. The van der Waals surface area contributed by atoms with Crippen LogP contribution in [0.3, 0.4) is 0 Å². The van der Waals surface area contributed by atoms with Gasteiger partial charge in [0.1, 0.15) is 18.0 Å². The molecule has 0 bridgehead atoms. The van der Waals surface area contributed by atoms with Gasteiger partial charge in [0.25, 0.3) is 0 Å². The molecule has 9 heteroatoms. The van der Waals surface area contributed by atoms with Gasteiger partial charge < -0.3 is 25.2 Å². The lowest BCUT2D eigenvalue weighted by Crippen LogP contribution is -2.66. The van der Waals surface area contributed by atoms with Crippen molar-refractivity contribution in [1.29, 1.82) is 0 Å². The number of carbonyl (C=O) groups excluding carboxylic acids is 2. The number of piperidine rings is 1. The number of rotatable bonds is 11. The van der Waals surface area contributed by atoms with Crippen molar-refractivity contribution in [2.45, 2.75) is 165 Å². The van der Waals surface area contributed by atoms with E-state index in [4.69, 9.17) is 21.1 Å². The number of nitrogens with one attached hydrogen (secondary N) is 2. The Morgan fingerprint density at radius 2 is 1.62 bits per heavy atom. The fraction of sp³-hybridized carbons (Fsp3) is 0.784. The standard InChI is InChI=1S/C51H75ClN2O6/c1-30(2)42-37(55)28-51(22-25-54-29-31-10-11-32(52)26-38(31)59-33-16-23-53-24-17-33)21-20-49(8)34(43(42)51)12-13-40-48(7)18-15-41(47(5,6)39(48)14-19-50(40,49)9)60-45(58)36-27-35(44(56)57)46(36,3)4/h10-11,26,30,33-36,39-41,53-54H,12-25,27-29H2,1-9H3,(H,56,57)/t34-,35+,36-,39+,40-,41+,48+,49-,50-,51-/m1/s1. The van der Waals surface area contributed by atoms with Gasteiger partial charge in [-0.25, -0.2) is 0 Å². The highest BCUT2D eigenvalue weighted by atomic mass is 35.5. The van der Waals surface area contributed by atoms with Gasteiger partial charge in [-0.3, -0.25) is 14.4 Å². The van der Waals surface area contributed by atoms with E-state index in [1.807, 2.05) is 26.0 Å². The number of fused-ring (bicyclic) bond motifs is 7. The molecule has 60 heavy (non-hydrogen) atoms. The number of esters is 1. The minimum atomic E-state index is -0.818. The van der Waals surface area contributed by atoms with Gasteiger partial charge in [-0.15, -0.1) is 0 Å². The normalized spacial score (nSPS) is 39.5. The first-order chi connectivity index (χ1) is 28.2. The molecule has 10 atom stereocenters. The summed E-state index contributed by atoms with van der Waals surface area (Å²) in [5, 5.41) is 17.6. The molecule has 1 saturated heterocycles. The number of carbonyl (C=O) groups is 3. The van der Waals surface area contributed by atoms with E-state index >= 15 is 0 Å². The first-order valence-electron chi connectivity index (χ1n) is 23.8. The Kier molecular flexibility index (Phi) is 11.6. The van der Waals surface area contributed by atoms with Crippen LogP contribution in [0, 0.1) is 68.0 Å². The second-order valence-electron chi connectivity index (χ2n) is 23.0. The van der Waals surface area contributed by atoms with Crippen LogP contribution in [0.5, 0.6) is 5.75 Å². The molecule has 7 aliphatic rings. The Balaban J connectivity index is 0.987. The average Bonchev–Trinajstić information content (AvgIpc) is 3.47. The maximum atomic E-state index is 14.2. The van der Waals surface area contributed by atoms with E-state index in [0.717, 1.165) is 101 Å². The number of hydrogen-bond donors (Lipinski definition) is 3. The number of allylic oxidation sites excluding steroid dienone is 2. The highest BCUT2D eigenvalue weighted by molar-refractivity contribution is 6.30. The van der Waals surface area contributed by atoms with E-state index in [9.17, 15) is 19.5 Å². The largest absolute Gasteiger partial charge is 0.490 e. The van der Waals surface area contributed by atoms with Gasteiger partial charge in [0, 0.05) is 34.4 Å². The molecular weight excluding hydrogens is 772 g/mol. The summed E-state index contributed by atoms with van der Waals surface area (Å²) in [6, 6.07) is 6.02. The molecule has 332 valence electrons. The lowest BCUT2D eigenvalue weighted by molar-refractivity contribution is -0.236. The van der Waals surface area contributed by atoms with E-state index in [2.05, 4.69) is 65.2 Å². The van der Waals surface area contributed by atoms with Crippen LogP contribution in [-0.4, -0.2) is 54.7 Å². The molecule has 0 aromatic heterocycles. The number of ether oxygens (including phenoxy) is 2. The van der Waals surface area contributed by atoms with Crippen molar-refractivity contribution in [2.24, 2.45) is 68.0 Å². The van der Waals surface area contributed by atoms with Gasteiger partial charge in [0.05, 0.1) is 11.8 Å². The molecule has 8 rings (SSSR count). The Hall–Kier alpha value is -2.42. The molecule has 0 spiro atoms. The predicted molar refractivity (Wildman–Crippen MR) is 237 cm³/mol. The van der Waals surface area contributed by atoms with Gasteiger partial charge >= 0.3 is 11.9 Å². The molecule has 1 aliphatic heterocycles. The Morgan fingerprint density at radius 3 is 2.30 bits per heavy atom. The number of benzene rings is 1. The molecule has 0 amide bonds. The molecule has 1 aromatic rings. The highest BCUT2D eigenvalue weighted by Gasteiger charge is 2.70. The van der Waals surface area contributed by atoms with Crippen molar-refractivity contribution >= 4 is 29.3 Å². The number of carboxylic acids is 1. The van der Waals surface area contributed by atoms with Crippen LogP contribution < -0.4 is 15.4 Å². The monoisotopic (exact) mass is 847 g/mol. The predicted octanol–water partition coefficient (Wildman–Crippen LogP) is 10.6. The SMILES string of the molecule is CC(C)C1=C2[C@H]3CC[C@@H]4[C@@]5(C)CC[C@H](OC(=O)[C@H]6C[C@@H](C(=O)O)C6(C)C)C(C)(C)[C@@H]5CC[C@@]4(C)[C@]3(C)CC[C@@]2(CCNCc2ccc(Cl)cc2OC2CCNCC2)CC1=O. The van der Waals surface area contributed by atoms with E-state index in [1.54, 1.807) is 0 Å². The third kappa shape index (κ3) is 6.93. The minimum absolute atomic E-state index is 0.0873. The quantitative estimate of drug-likeness (QED) is 0.149. The fourth-order valence-corrected chi connectivity index (χ4v) is 15.8. The van der Waals surface area contributed by atoms with Gasteiger partial charge in [-0.05, 0) is 160 Å². The average molecular weight is 848 g/mol. The summed E-state index contributed by atoms with van der Waals surface area (Å²) in [6.45, 7) is 24.3. The molecule has 0 unspecified atom stereocenters. The zero-order valence-corrected chi connectivity index (χ0v) is 39.0. The molecule has 8 nitrogen and oxygen atoms in total. The molecule has 6 fully saturated rings. The van der Waals surface area contributed by atoms with Crippen LogP contribution in [0.4, 0.5) is 0 Å². The van der Waals surface area contributed by atoms with Crippen molar-refractivity contribution in [1.82, 2.24) is 10.6 Å². The minimum Gasteiger partial charge on any atom is -0.490 e. The summed E-state index contributed by atoms with van der Waals surface area (Å²) in [5.41, 5.74) is 3.29. The topological polar surface area (TPSA) is 114 Å². The summed E-state index contributed by atoms with van der Waals surface area (Å²) in [5.74, 6) is 0.982. The van der Waals surface area contributed by atoms with Gasteiger partial charge in [-0.1, -0.05) is 85.6 Å². The number of aliphatic carboxylic acids is 1. The summed E-state index contributed by atoms with van der Waals surface area (Å²) in [6.07, 6.45) is 12.7. The van der Waals surface area contributed by atoms with E-state index in [1.165, 1.54) is 12.0 Å². The zero-order valence-electron chi connectivity index (χ0n) is 38.2. The van der Waals surface area contributed by atoms with Gasteiger partial charge in [0.15, 0.2) is 5.78 Å². The van der Waals surface area contributed by atoms with Crippen LogP contribution in [-0.2, 0) is 25.7 Å². The Morgan fingerprint density at radius 1 is 0.883 bits per heavy atom. The molecule has 0 radical (unpaired) electrons. The molecule has 6 aliphatic carbocycles. The lowest BCUT2D eigenvalue weighted by atomic mass is 9.33. The van der Waals surface area contributed by atoms with Gasteiger partial charge in [-0.2, -0.15) is 0 Å². The van der Waals surface area contributed by atoms with Crippen LogP contribution in [0.2, 0.25) is 5.02 Å². The van der Waals surface area contributed by atoms with Crippen LogP contribution in [0.25, 0.3) is 0 Å². The zero-order chi connectivity index (χ0) is 43.2. The van der Waals surface area contributed by atoms with Crippen molar-refractivity contribution in [2.75, 3.05) is 19.6 Å². The first-order valence-corrected chi connectivity index (χ1v) is 24.1. The summed E-state index contributed by atoms with van der Waals surface area (Å²) in [7, 11) is 0. The van der Waals surface area contributed by atoms with Crippen molar-refractivity contribution in [3.05, 3.63) is 39.9 Å². The third-order valence-corrected chi connectivity index (χ3v) is 19.6. The molecule has 1 heterocycles. The smallest absolute Gasteiger partial charge is 0.309 e. The lowest BCUT2D eigenvalue weighted by Gasteiger charge is -2.72. The third-order valence-electron chi connectivity index (χ3n) is 19.3. The van der Waals surface area contributed by atoms with E-state index < -0.39 is 17.3 Å². The molecule has 1 aromatic carbocycles. The maximum Gasteiger partial charge on any atom is 0.309 e. The second-order valence-corrected chi connectivity index (χ2v) is 23.4. The van der Waals surface area contributed by atoms with Crippen molar-refractivity contribution in [3.63, 3.8) is 0 Å². The van der Waals surface area contributed by atoms with Crippen LogP contribution in [0.15, 0.2) is 29.3 Å². The Labute approximate surface area is 365 Å². The molecular formula is C51H75ClN2O6. The maximum absolute atomic E-state index is 14.2. The first kappa shape index (κ1) is 44.2. The van der Waals surface area contributed by atoms with E-state index in [-0.39, 0.29) is 57.1 Å². The number of carboxylic acid groups (broad SMARTS) is 1. The van der Waals surface area contributed by atoms with Crippen molar-refractivity contribution in [3.8, 4) is 5.75 Å². The van der Waals surface area contributed by atoms with Crippen molar-refractivity contribution < 1.29 is 29.0 Å². The summed E-state index contributed by atoms with van der Waals surface area (Å²) < 4.78 is 13.0. The molecule has 3 N–H and O–H groups in total. The van der Waals surface area contributed by atoms with Crippen LogP contribution in [0.1, 0.15) is 151 Å². The number of halogens is 1. The highest BCUT2D eigenvalue weighted by Crippen LogP contribution is 2.77. The fourth-order valence-electron chi connectivity index (χ4n) is 15.6. The second kappa shape index (κ2) is 15.7. The number of hydrogen-bond acceptors (Lipinski definition) is 7. The van der Waals surface area contributed by atoms with E-state index in [0.29, 0.717) is 47.9 Å². The summed E-state index contributed by atoms with van der Waals surface area (Å²) >= 11 is 6.46. The van der Waals surface area contributed by atoms with Crippen LogP contribution >= 0.6 is 11.6 Å². The van der Waals surface area contributed by atoms with Gasteiger partial charge in [0.2, 0.25) is 0 Å². The summed E-state index contributed by atoms with van der Waals surface area (Å²) in [4.78, 5) is 39.7. The number of Topliss-reactive ketones (excluding diaryl/α,β-unsaturated/α-hetero) is 1. The Bertz CT molecular complexity index is 1900. The number of ketones is 1.